The van der Waals surface area contributed by atoms with Gasteiger partial charge in [-0.1, -0.05) is 49.4 Å². The topological polar surface area (TPSA) is 110 Å². The van der Waals surface area contributed by atoms with Gasteiger partial charge in [0.15, 0.2) is 12.4 Å². The van der Waals surface area contributed by atoms with E-state index in [0.717, 1.165) is 35.3 Å². The molecule has 9 nitrogen and oxygen atoms in total. The van der Waals surface area contributed by atoms with Gasteiger partial charge in [-0.05, 0) is 49.4 Å². The van der Waals surface area contributed by atoms with E-state index < -0.39 is 24.3 Å². The smallest absolute Gasteiger partial charge is 0.303 e. The zero-order chi connectivity index (χ0) is 29.4. The number of benzene rings is 2. The number of anilines is 1. The molecule has 0 radical (unpaired) electrons. The maximum absolute atomic E-state index is 12.3. The average molecular weight is 562 g/mol. The third kappa shape index (κ3) is 8.43. The van der Waals surface area contributed by atoms with Crippen LogP contribution in [-0.4, -0.2) is 59.2 Å². The second-order valence-corrected chi connectivity index (χ2v) is 10.5. The lowest BCUT2D eigenvalue weighted by molar-refractivity contribution is -0.275. The van der Waals surface area contributed by atoms with Gasteiger partial charge in [-0.25, -0.2) is 0 Å². The van der Waals surface area contributed by atoms with Crippen LogP contribution in [-0.2, 0) is 36.8 Å². The Kier molecular flexibility index (Phi) is 10.6. The molecule has 41 heavy (non-hydrogen) atoms. The molecule has 3 aromatic rings. The number of rotatable bonds is 11. The molecule has 1 saturated heterocycles. The number of likely N-dealkylation sites (N-methyl/N-ethyl adjacent to an activating group) is 1. The molecule has 9 heteroatoms. The predicted octanol–water partition coefficient (Wildman–Crippen LogP) is 4.43. The number of aromatic nitrogens is 1. The second-order valence-electron chi connectivity index (χ2n) is 10.5. The van der Waals surface area contributed by atoms with Gasteiger partial charge in [-0.3, -0.25) is 14.6 Å². The van der Waals surface area contributed by atoms with E-state index in [1.807, 2.05) is 60.8 Å². The van der Waals surface area contributed by atoms with Gasteiger partial charge in [0.25, 0.3) is 5.91 Å². The largest absolute Gasteiger partial charge is 0.453 e. The normalized spacial score (nSPS) is 21.3. The van der Waals surface area contributed by atoms with Gasteiger partial charge >= 0.3 is 5.97 Å². The number of nitrogens with one attached hydrogen (secondary N) is 1. The van der Waals surface area contributed by atoms with Crippen molar-refractivity contribution in [2.75, 3.05) is 25.5 Å². The summed E-state index contributed by atoms with van der Waals surface area (Å²) in [6.45, 7) is 6.47. The monoisotopic (exact) mass is 561 g/mol. The van der Waals surface area contributed by atoms with Crippen molar-refractivity contribution < 1.29 is 28.9 Å². The van der Waals surface area contributed by atoms with Crippen LogP contribution in [0, 0.1) is 5.92 Å². The zero-order valence-electron chi connectivity index (χ0n) is 24.0. The van der Waals surface area contributed by atoms with Crippen molar-refractivity contribution >= 4 is 17.6 Å². The van der Waals surface area contributed by atoms with Crippen LogP contribution < -0.4 is 5.32 Å². The number of carbonyl (C=O) groups is 2. The first-order valence-electron chi connectivity index (χ1n) is 13.9. The summed E-state index contributed by atoms with van der Waals surface area (Å²) in [5.74, 6) is -0.863. The summed E-state index contributed by atoms with van der Waals surface area (Å²) in [6.07, 6.45) is 0.800. The number of pyridine rings is 1. The molecular weight excluding hydrogens is 522 g/mol. The van der Waals surface area contributed by atoms with E-state index in [1.54, 1.807) is 12.1 Å². The molecule has 0 saturated carbocycles. The van der Waals surface area contributed by atoms with Gasteiger partial charge in [-0.15, -0.1) is 0 Å². The molecular formula is C32H39N3O6. The quantitative estimate of drug-likeness (QED) is 0.331. The number of hydrogen-bond acceptors (Lipinski definition) is 8. The zero-order valence-corrected chi connectivity index (χ0v) is 24.0. The van der Waals surface area contributed by atoms with Crippen LogP contribution in [0.25, 0.3) is 0 Å². The lowest BCUT2D eigenvalue weighted by atomic mass is 9.90. The molecule has 4 rings (SSSR count). The van der Waals surface area contributed by atoms with Crippen molar-refractivity contribution in [1.82, 2.24) is 9.88 Å². The summed E-state index contributed by atoms with van der Waals surface area (Å²) in [5, 5.41) is 12.3. The Hall–Kier alpha value is -3.63. The molecule has 0 spiro atoms. The number of aliphatic hydroxyl groups excluding tert-OH is 1. The van der Waals surface area contributed by atoms with Crippen LogP contribution in [0.4, 0.5) is 5.69 Å². The summed E-state index contributed by atoms with van der Waals surface area (Å²) in [6, 6.07) is 21.1. The Labute approximate surface area is 241 Å². The number of esters is 1. The first-order chi connectivity index (χ1) is 19.7. The Bertz CT molecular complexity index is 1270. The van der Waals surface area contributed by atoms with E-state index in [2.05, 4.69) is 29.2 Å². The molecule has 1 amide bonds. The highest BCUT2D eigenvalue weighted by molar-refractivity contribution is 5.94. The molecule has 1 aromatic heterocycles. The van der Waals surface area contributed by atoms with Crippen molar-refractivity contribution in [2.45, 2.75) is 58.4 Å². The third-order valence-corrected chi connectivity index (χ3v) is 7.25. The van der Waals surface area contributed by atoms with Crippen molar-refractivity contribution in [3.8, 4) is 0 Å². The Morgan fingerprint density at radius 1 is 1.05 bits per heavy atom. The van der Waals surface area contributed by atoms with Gasteiger partial charge in [0.2, 0.25) is 0 Å². The SMILES string of the molecule is CC(=O)OC(C)C(=O)Nc1ccc(C2OC(CN(C)CCc3ccccn3)C(C)C(c3ccc(CO)cc3)O2)cc1. The van der Waals surface area contributed by atoms with E-state index >= 15 is 0 Å². The predicted molar refractivity (Wildman–Crippen MR) is 155 cm³/mol. The van der Waals surface area contributed by atoms with Gasteiger partial charge in [-0.2, -0.15) is 0 Å². The van der Waals surface area contributed by atoms with E-state index in [9.17, 15) is 14.7 Å². The molecule has 0 aliphatic carbocycles. The third-order valence-electron chi connectivity index (χ3n) is 7.25. The summed E-state index contributed by atoms with van der Waals surface area (Å²) >= 11 is 0. The molecule has 2 heterocycles. The van der Waals surface area contributed by atoms with Crippen LogP contribution in [0.3, 0.4) is 0 Å². The van der Waals surface area contributed by atoms with Crippen LogP contribution in [0.2, 0.25) is 0 Å². The highest BCUT2D eigenvalue weighted by atomic mass is 16.7. The Balaban J connectivity index is 1.48. The lowest BCUT2D eigenvalue weighted by Gasteiger charge is -2.42. The minimum absolute atomic E-state index is 0.0146. The van der Waals surface area contributed by atoms with Crippen molar-refractivity contribution in [3.05, 3.63) is 95.3 Å². The van der Waals surface area contributed by atoms with Crippen LogP contribution in [0.5, 0.6) is 0 Å². The van der Waals surface area contributed by atoms with E-state index in [4.69, 9.17) is 14.2 Å². The first kappa shape index (κ1) is 30.3. The molecule has 2 aromatic carbocycles. The van der Waals surface area contributed by atoms with Crippen molar-refractivity contribution in [3.63, 3.8) is 0 Å². The van der Waals surface area contributed by atoms with Crippen LogP contribution in [0.1, 0.15) is 55.5 Å². The van der Waals surface area contributed by atoms with Gasteiger partial charge in [0.05, 0.1) is 18.8 Å². The molecule has 1 fully saturated rings. The summed E-state index contributed by atoms with van der Waals surface area (Å²) in [5.41, 5.74) is 4.31. The molecule has 2 N–H and O–H groups in total. The van der Waals surface area contributed by atoms with Crippen molar-refractivity contribution in [1.29, 1.82) is 0 Å². The number of carbonyl (C=O) groups excluding carboxylic acids is 2. The molecule has 0 bridgehead atoms. The number of hydrogen-bond donors (Lipinski definition) is 2. The maximum atomic E-state index is 12.3. The van der Waals surface area contributed by atoms with Crippen LogP contribution in [0.15, 0.2) is 72.9 Å². The van der Waals surface area contributed by atoms with Gasteiger partial charge in [0, 0.05) is 55.5 Å². The number of ether oxygens (including phenoxy) is 3. The van der Waals surface area contributed by atoms with E-state index in [-0.39, 0.29) is 24.7 Å². The van der Waals surface area contributed by atoms with Gasteiger partial charge < -0.3 is 29.5 Å². The van der Waals surface area contributed by atoms with E-state index in [0.29, 0.717) is 12.2 Å². The highest BCUT2D eigenvalue weighted by Gasteiger charge is 2.38. The van der Waals surface area contributed by atoms with Gasteiger partial charge in [0.1, 0.15) is 0 Å². The fourth-order valence-corrected chi connectivity index (χ4v) is 4.85. The molecule has 218 valence electrons. The van der Waals surface area contributed by atoms with Crippen molar-refractivity contribution in [2.24, 2.45) is 5.92 Å². The molecule has 5 unspecified atom stereocenters. The molecule has 1 aliphatic heterocycles. The minimum atomic E-state index is -0.896. The Morgan fingerprint density at radius 2 is 1.76 bits per heavy atom. The summed E-state index contributed by atoms with van der Waals surface area (Å²) < 4.78 is 18.0. The summed E-state index contributed by atoms with van der Waals surface area (Å²) in [4.78, 5) is 30.2. The summed E-state index contributed by atoms with van der Waals surface area (Å²) in [7, 11) is 2.09. The lowest BCUT2D eigenvalue weighted by Crippen LogP contribution is -2.43. The fraction of sp³-hybridized carbons (Fsp3) is 0.406. The molecule has 1 aliphatic rings. The molecule has 5 atom stereocenters. The number of nitrogens with zero attached hydrogens (tertiary/aromatic N) is 2. The highest BCUT2D eigenvalue weighted by Crippen LogP contribution is 2.42. The fourth-order valence-electron chi connectivity index (χ4n) is 4.85. The Morgan fingerprint density at radius 3 is 2.39 bits per heavy atom. The van der Waals surface area contributed by atoms with Crippen LogP contribution >= 0.6 is 0 Å². The average Bonchev–Trinajstić information content (AvgIpc) is 2.98. The first-order valence-corrected chi connectivity index (χ1v) is 13.9. The second kappa shape index (κ2) is 14.3. The standard InChI is InChI=1S/C32H39N3O6/c1-21-29(19-35(4)18-16-27-7-5-6-17-33-27)40-32(41-30(21)25-10-8-24(20-36)9-11-25)26-12-14-28(15-13-26)34-31(38)22(2)39-23(3)37/h5-15,17,21-22,29-30,32,36H,16,18-20H2,1-4H3,(H,34,38). The number of aliphatic hydroxyl groups is 1. The number of amides is 1. The minimum Gasteiger partial charge on any atom is -0.453 e. The maximum Gasteiger partial charge on any atom is 0.303 e. The van der Waals surface area contributed by atoms with E-state index in [1.165, 1.54) is 13.8 Å².